The normalized spacial score (nSPS) is 23.4. The first-order valence-electron chi connectivity index (χ1n) is 10.1. The van der Waals surface area contributed by atoms with Crippen LogP contribution in [-0.2, 0) is 21.1 Å². The van der Waals surface area contributed by atoms with E-state index in [0.717, 1.165) is 38.4 Å². The molecule has 2 heterocycles. The van der Waals surface area contributed by atoms with Crippen LogP contribution in [-0.4, -0.2) is 49.7 Å². The number of likely N-dealkylation sites (tertiary alicyclic amines) is 1. The van der Waals surface area contributed by atoms with Gasteiger partial charge in [0.15, 0.2) is 0 Å². The second-order valence-corrected chi connectivity index (χ2v) is 7.83. The largest absolute Gasteiger partial charge is 0.416 e. The van der Waals surface area contributed by atoms with Gasteiger partial charge < -0.3 is 10.1 Å². The van der Waals surface area contributed by atoms with Crippen molar-refractivity contribution in [2.24, 2.45) is 0 Å². The molecular formula is C21H29F3N2O2. The lowest BCUT2D eigenvalue weighted by Gasteiger charge is -2.39. The Morgan fingerprint density at radius 2 is 2.04 bits per heavy atom. The van der Waals surface area contributed by atoms with Crippen molar-refractivity contribution < 1.29 is 22.7 Å². The quantitative estimate of drug-likeness (QED) is 0.822. The lowest BCUT2D eigenvalue weighted by atomic mass is 9.73. The van der Waals surface area contributed by atoms with E-state index in [9.17, 15) is 18.0 Å². The topological polar surface area (TPSA) is 41.6 Å². The summed E-state index contributed by atoms with van der Waals surface area (Å²) in [5.74, 6) is -0.0145. The average Bonchev–Trinajstić information content (AvgIpc) is 2.72. The third-order valence-corrected chi connectivity index (χ3v) is 6.18. The maximum Gasteiger partial charge on any atom is 0.416 e. The number of carbonyl (C=O) groups is 1. The van der Waals surface area contributed by atoms with Gasteiger partial charge in [0.1, 0.15) is 0 Å². The lowest BCUT2D eigenvalue weighted by molar-refractivity contribution is -0.137. The molecule has 7 heteroatoms. The van der Waals surface area contributed by atoms with Gasteiger partial charge in [-0.15, -0.1) is 0 Å². The summed E-state index contributed by atoms with van der Waals surface area (Å²) in [6, 6.07) is 5.38. The Morgan fingerprint density at radius 1 is 1.29 bits per heavy atom. The van der Waals surface area contributed by atoms with Crippen molar-refractivity contribution >= 4 is 5.91 Å². The van der Waals surface area contributed by atoms with Gasteiger partial charge in [0.25, 0.3) is 0 Å². The molecule has 2 aliphatic heterocycles. The Morgan fingerprint density at radius 3 is 2.71 bits per heavy atom. The van der Waals surface area contributed by atoms with Gasteiger partial charge in [-0.1, -0.05) is 31.5 Å². The van der Waals surface area contributed by atoms with Crippen molar-refractivity contribution in [2.75, 3.05) is 32.8 Å². The molecule has 0 radical (unpaired) electrons. The van der Waals surface area contributed by atoms with Crippen LogP contribution in [0.1, 0.15) is 50.2 Å². The smallest absolute Gasteiger partial charge is 0.381 e. The number of nitrogens with zero attached hydrogens (tertiary/aromatic N) is 1. The highest BCUT2D eigenvalue weighted by Crippen LogP contribution is 2.38. The first-order valence-corrected chi connectivity index (χ1v) is 10.1. The number of piperidine rings is 1. The Balaban J connectivity index is 1.78. The Labute approximate surface area is 164 Å². The number of halogens is 3. The minimum absolute atomic E-state index is 0.0145. The van der Waals surface area contributed by atoms with Crippen molar-refractivity contribution in [3.8, 4) is 0 Å². The van der Waals surface area contributed by atoms with Crippen LogP contribution >= 0.6 is 0 Å². The molecule has 1 atom stereocenters. The van der Waals surface area contributed by atoms with Gasteiger partial charge in [0.05, 0.1) is 11.6 Å². The zero-order valence-corrected chi connectivity index (χ0v) is 16.4. The molecule has 0 spiro atoms. The molecule has 0 aromatic heterocycles. The van der Waals surface area contributed by atoms with Gasteiger partial charge in [-0.05, 0) is 50.4 Å². The SMILES string of the molecule is CCN1CCCCC1C(=O)NCC1(c2cccc(C(F)(F)F)c2)CCOCC1. The summed E-state index contributed by atoms with van der Waals surface area (Å²) < 4.78 is 45.1. The van der Waals surface area contributed by atoms with Crippen molar-refractivity contribution in [2.45, 2.75) is 56.7 Å². The number of nitrogens with one attached hydrogen (secondary N) is 1. The van der Waals surface area contributed by atoms with Gasteiger partial charge >= 0.3 is 6.18 Å². The number of amides is 1. The molecule has 2 saturated heterocycles. The number of hydrogen-bond acceptors (Lipinski definition) is 3. The fourth-order valence-electron chi connectivity index (χ4n) is 4.40. The van der Waals surface area contributed by atoms with Gasteiger partial charge in [0, 0.05) is 25.2 Å². The molecule has 0 saturated carbocycles. The van der Waals surface area contributed by atoms with Crippen LogP contribution in [0.3, 0.4) is 0 Å². The summed E-state index contributed by atoms with van der Waals surface area (Å²) in [4.78, 5) is 15.0. The van der Waals surface area contributed by atoms with E-state index >= 15 is 0 Å². The van der Waals surface area contributed by atoms with Crippen LogP contribution in [0.2, 0.25) is 0 Å². The van der Waals surface area contributed by atoms with Crippen LogP contribution in [0.5, 0.6) is 0 Å². The molecule has 3 rings (SSSR count). The van der Waals surface area contributed by atoms with E-state index in [1.165, 1.54) is 12.1 Å². The van der Waals surface area contributed by atoms with E-state index in [1.54, 1.807) is 6.07 Å². The molecule has 1 N–H and O–H groups in total. The predicted octanol–water partition coefficient (Wildman–Crippen LogP) is 3.74. The number of hydrogen-bond donors (Lipinski definition) is 1. The molecule has 1 aromatic carbocycles. The lowest BCUT2D eigenvalue weighted by Crippen LogP contribution is -2.52. The highest BCUT2D eigenvalue weighted by Gasteiger charge is 2.38. The summed E-state index contributed by atoms with van der Waals surface area (Å²) in [5, 5.41) is 3.07. The van der Waals surface area contributed by atoms with E-state index < -0.39 is 17.2 Å². The molecular weight excluding hydrogens is 369 g/mol. The summed E-state index contributed by atoms with van der Waals surface area (Å²) in [6.07, 6.45) is -0.230. The van der Waals surface area contributed by atoms with E-state index in [4.69, 9.17) is 4.74 Å². The molecule has 1 aromatic rings. The standard InChI is InChI=1S/C21H29F3N2O2/c1-2-26-11-4-3-8-18(26)19(27)25-15-20(9-12-28-13-10-20)16-6-5-7-17(14-16)21(22,23)24/h5-7,14,18H,2-4,8-13,15H2,1H3,(H,25,27). The van der Waals surface area contributed by atoms with Crippen molar-refractivity contribution in [3.63, 3.8) is 0 Å². The number of carbonyl (C=O) groups excluding carboxylic acids is 1. The number of rotatable bonds is 5. The first kappa shape index (κ1) is 21.1. The summed E-state index contributed by atoms with van der Waals surface area (Å²) in [5.41, 5.74) is -0.547. The molecule has 2 fully saturated rings. The number of ether oxygens (including phenoxy) is 1. The van der Waals surface area contributed by atoms with Crippen LogP contribution < -0.4 is 5.32 Å². The minimum atomic E-state index is -4.38. The molecule has 0 bridgehead atoms. The van der Waals surface area contributed by atoms with Gasteiger partial charge in [0.2, 0.25) is 5.91 Å². The van der Waals surface area contributed by atoms with Gasteiger partial charge in [-0.3, -0.25) is 9.69 Å². The molecule has 0 aliphatic carbocycles. The maximum absolute atomic E-state index is 13.2. The summed E-state index contributed by atoms with van der Waals surface area (Å²) >= 11 is 0. The van der Waals surface area contributed by atoms with Crippen LogP contribution in [0.15, 0.2) is 24.3 Å². The Kier molecular flexibility index (Phi) is 6.65. The fraction of sp³-hybridized carbons (Fsp3) is 0.667. The highest BCUT2D eigenvalue weighted by molar-refractivity contribution is 5.82. The van der Waals surface area contributed by atoms with Crippen LogP contribution in [0, 0.1) is 0 Å². The molecule has 1 amide bonds. The highest BCUT2D eigenvalue weighted by atomic mass is 19.4. The van der Waals surface area contributed by atoms with E-state index in [1.807, 2.05) is 6.92 Å². The molecule has 2 aliphatic rings. The third-order valence-electron chi connectivity index (χ3n) is 6.18. The van der Waals surface area contributed by atoms with Crippen LogP contribution in [0.25, 0.3) is 0 Å². The van der Waals surface area contributed by atoms with E-state index in [-0.39, 0.29) is 11.9 Å². The van der Waals surface area contributed by atoms with E-state index in [2.05, 4.69) is 10.2 Å². The molecule has 28 heavy (non-hydrogen) atoms. The second kappa shape index (κ2) is 8.82. The van der Waals surface area contributed by atoms with Crippen molar-refractivity contribution in [1.29, 1.82) is 0 Å². The van der Waals surface area contributed by atoms with Crippen LogP contribution in [0.4, 0.5) is 13.2 Å². The fourth-order valence-corrected chi connectivity index (χ4v) is 4.40. The number of alkyl halides is 3. The summed E-state index contributed by atoms with van der Waals surface area (Å²) in [6.45, 7) is 5.10. The van der Waals surface area contributed by atoms with Crippen molar-refractivity contribution in [1.82, 2.24) is 10.2 Å². The minimum Gasteiger partial charge on any atom is -0.381 e. The van der Waals surface area contributed by atoms with E-state index in [0.29, 0.717) is 38.2 Å². The van der Waals surface area contributed by atoms with Gasteiger partial charge in [-0.25, -0.2) is 0 Å². The first-order chi connectivity index (χ1) is 13.4. The number of likely N-dealkylation sites (N-methyl/N-ethyl adjacent to an activating group) is 1. The monoisotopic (exact) mass is 398 g/mol. The molecule has 156 valence electrons. The van der Waals surface area contributed by atoms with Crippen molar-refractivity contribution in [3.05, 3.63) is 35.4 Å². The average molecular weight is 398 g/mol. The Bertz CT molecular complexity index is 672. The summed E-state index contributed by atoms with van der Waals surface area (Å²) in [7, 11) is 0. The zero-order valence-electron chi connectivity index (χ0n) is 16.4. The predicted molar refractivity (Wildman–Crippen MR) is 101 cm³/mol. The third kappa shape index (κ3) is 4.69. The maximum atomic E-state index is 13.2. The molecule has 4 nitrogen and oxygen atoms in total. The van der Waals surface area contributed by atoms with Gasteiger partial charge in [-0.2, -0.15) is 13.2 Å². The Hall–Kier alpha value is -1.60. The molecule has 1 unspecified atom stereocenters. The zero-order chi connectivity index (χ0) is 20.2. The number of benzene rings is 1. The second-order valence-electron chi connectivity index (χ2n) is 7.83.